The molecule has 1 aliphatic heterocycles. The molecule has 0 bridgehead atoms. The van der Waals surface area contributed by atoms with Crippen LogP contribution in [0.3, 0.4) is 0 Å². The van der Waals surface area contributed by atoms with E-state index < -0.39 is 10.0 Å². The summed E-state index contributed by atoms with van der Waals surface area (Å²) in [5.74, 6) is 0.0343. The van der Waals surface area contributed by atoms with E-state index >= 15 is 0 Å². The highest BCUT2D eigenvalue weighted by Crippen LogP contribution is 2.29. The van der Waals surface area contributed by atoms with Gasteiger partial charge in [0.2, 0.25) is 0 Å². The zero-order valence-corrected chi connectivity index (χ0v) is 15.5. The van der Waals surface area contributed by atoms with Crippen molar-refractivity contribution in [1.82, 2.24) is 4.31 Å². The lowest BCUT2D eigenvalue weighted by Crippen LogP contribution is -2.48. The monoisotopic (exact) mass is 384 g/mol. The van der Waals surface area contributed by atoms with Gasteiger partial charge >= 0.3 is 0 Å². The highest BCUT2D eigenvalue weighted by atomic mass is 35.5. The molecule has 0 unspecified atom stereocenters. The minimum absolute atomic E-state index is 0.0343. The second kappa shape index (κ2) is 6.84. The molecule has 8 heteroatoms. The Morgan fingerprint density at radius 3 is 2.17 bits per heavy atom. The van der Waals surface area contributed by atoms with Crippen LogP contribution in [0.5, 0.6) is 0 Å². The molecule has 0 amide bonds. The van der Waals surface area contributed by atoms with Crippen LogP contribution in [-0.2, 0) is 10.0 Å². The van der Waals surface area contributed by atoms with Gasteiger partial charge in [-0.1, -0.05) is 11.6 Å². The average Bonchev–Trinajstić information content (AvgIpc) is 3.02. The number of halogens is 1. The fourth-order valence-electron chi connectivity index (χ4n) is 2.66. The third kappa shape index (κ3) is 3.49. The zero-order valence-electron chi connectivity index (χ0n) is 13.1. The maximum absolute atomic E-state index is 12.6. The van der Waals surface area contributed by atoms with Crippen LogP contribution in [0.4, 0.5) is 5.69 Å². The SMILES string of the molecule is CC(=O)c1ccc(N2CCN(S(=O)(=O)c3ccc(Cl)s3)CC2)cc1. The first-order valence-electron chi connectivity index (χ1n) is 7.49. The normalized spacial score (nSPS) is 16.3. The molecule has 0 saturated carbocycles. The van der Waals surface area contributed by atoms with Gasteiger partial charge in [-0.25, -0.2) is 8.42 Å². The first kappa shape index (κ1) is 17.4. The number of carbonyl (C=O) groups excluding carboxylic acids is 1. The second-order valence-electron chi connectivity index (χ2n) is 5.55. The molecule has 24 heavy (non-hydrogen) atoms. The summed E-state index contributed by atoms with van der Waals surface area (Å²) in [7, 11) is -3.47. The van der Waals surface area contributed by atoms with Crippen molar-refractivity contribution in [3.63, 3.8) is 0 Å². The number of rotatable bonds is 4. The Bertz CT molecular complexity index is 838. The van der Waals surface area contributed by atoms with E-state index in [9.17, 15) is 13.2 Å². The number of benzene rings is 1. The molecule has 2 heterocycles. The first-order chi connectivity index (χ1) is 11.4. The number of hydrogen-bond acceptors (Lipinski definition) is 5. The number of sulfonamides is 1. The first-order valence-corrected chi connectivity index (χ1v) is 10.1. The van der Waals surface area contributed by atoms with Crippen LogP contribution in [0, 0.1) is 0 Å². The smallest absolute Gasteiger partial charge is 0.252 e. The molecule has 1 saturated heterocycles. The second-order valence-corrected chi connectivity index (χ2v) is 9.43. The quantitative estimate of drug-likeness (QED) is 0.760. The van der Waals surface area contributed by atoms with Gasteiger partial charge in [0.15, 0.2) is 5.78 Å². The van der Waals surface area contributed by atoms with Crippen LogP contribution in [0.25, 0.3) is 0 Å². The van der Waals surface area contributed by atoms with Crippen molar-refractivity contribution < 1.29 is 13.2 Å². The van der Waals surface area contributed by atoms with E-state index in [2.05, 4.69) is 4.90 Å². The number of carbonyl (C=O) groups is 1. The summed E-state index contributed by atoms with van der Waals surface area (Å²) >= 11 is 6.93. The predicted molar refractivity (Wildman–Crippen MR) is 96.7 cm³/mol. The summed E-state index contributed by atoms with van der Waals surface area (Å²) in [4.78, 5) is 13.4. The molecule has 3 rings (SSSR count). The predicted octanol–water partition coefficient (Wildman–Crippen LogP) is 3.12. The van der Waals surface area contributed by atoms with Gasteiger partial charge in [0.05, 0.1) is 4.34 Å². The molecule has 0 atom stereocenters. The molecule has 1 aromatic carbocycles. The standard InChI is InChI=1S/C16H17ClN2O3S2/c1-12(20)13-2-4-14(5-3-13)18-8-10-19(11-9-18)24(21,22)16-7-6-15(17)23-16/h2-7H,8-11H2,1H3. The van der Waals surface area contributed by atoms with E-state index in [-0.39, 0.29) is 9.99 Å². The Morgan fingerprint density at radius 1 is 1.04 bits per heavy atom. The van der Waals surface area contributed by atoms with Crippen molar-refractivity contribution in [2.45, 2.75) is 11.1 Å². The fraction of sp³-hybridized carbons (Fsp3) is 0.312. The Hall–Kier alpha value is -1.41. The molecule has 0 aliphatic carbocycles. The molecule has 0 radical (unpaired) electrons. The molecule has 128 valence electrons. The van der Waals surface area contributed by atoms with E-state index in [1.54, 1.807) is 24.3 Å². The number of thiophene rings is 1. The van der Waals surface area contributed by atoms with E-state index in [0.717, 1.165) is 17.0 Å². The number of Topliss-reactive ketones (excluding diaryl/α,β-unsaturated/α-hetero) is 1. The molecule has 5 nitrogen and oxygen atoms in total. The van der Waals surface area contributed by atoms with Crippen LogP contribution in [0.15, 0.2) is 40.6 Å². The largest absolute Gasteiger partial charge is 0.369 e. The van der Waals surface area contributed by atoms with Crippen LogP contribution < -0.4 is 4.90 Å². The van der Waals surface area contributed by atoms with Crippen LogP contribution in [0.2, 0.25) is 4.34 Å². The summed E-state index contributed by atoms with van der Waals surface area (Å²) in [5.41, 5.74) is 1.67. The summed E-state index contributed by atoms with van der Waals surface area (Å²) in [6.07, 6.45) is 0. The van der Waals surface area contributed by atoms with Crippen molar-refractivity contribution in [2.24, 2.45) is 0 Å². The fourth-order valence-corrected chi connectivity index (χ4v) is 5.72. The molecule has 0 spiro atoms. The lowest BCUT2D eigenvalue weighted by molar-refractivity contribution is 0.101. The van der Waals surface area contributed by atoms with E-state index in [4.69, 9.17) is 11.6 Å². The third-order valence-electron chi connectivity index (χ3n) is 4.02. The Labute approximate surface area is 150 Å². The van der Waals surface area contributed by atoms with Crippen molar-refractivity contribution in [3.05, 3.63) is 46.3 Å². The highest BCUT2D eigenvalue weighted by Gasteiger charge is 2.29. The Morgan fingerprint density at radius 2 is 1.67 bits per heavy atom. The molecule has 1 fully saturated rings. The Kier molecular flexibility index (Phi) is 4.96. The van der Waals surface area contributed by atoms with Gasteiger partial charge in [-0.2, -0.15) is 4.31 Å². The van der Waals surface area contributed by atoms with Crippen LogP contribution in [0.1, 0.15) is 17.3 Å². The van der Waals surface area contributed by atoms with Gasteiger partial charge in [0.25, 0.3) is 10.0 Å². The summed E-state index contributed by atoms with van der Waals surface area (Å²) in [5, 5.41) is 0. The molecule has 1 aromatic heterocycles. The van der Waals surface area contributed by atoms with Crippen molar-refractivity contribution >= 4 is 44.4 Å². The highest BCUT2D eigenvalue weighted by molar-refractivity contribution is 7.91. The number of piperazine rings is 1. The van der Waals surface area contributed by atoms with Gasteiger partial charge in [-0.3, -0.25) is 4.79 Å². The lowest BCUT2D eigenvalue weighted by Gasteiger charge is -2.35. The van der Waals surface area contributed by atoms with Gasteiger partial charge in [-0.05, 0) is 43.3 Å². The molecular formula is C16H17ClN2O3S2. The summed E-state index contributed by atoms with van der Waals surface area (Å²) in [6.45, 7) is 3.60. The summed E-state index contributed by atoms with van der Waals surface area (Å²) < 4.78 is 27.4. The Balaban J connectivity index is 1.68. The maximum Gasteiger partial charge on any atom is 0.252 e. The topological polar surface area (TPSA) is 57.7 Å². The van der Waals surface area contributed by atoms with Gasteiger partial charge in [0, 0.05) is 37.4 Å². The lowest BCUT2D eigenvalue weighted by atomic mass is 10.1. The molecule has 0 N–H and O–H groups in total. The molecular weight excluding hydrogens is 368 g/mol. The minimum Gasteiger partial charge on any atom is -0.369 e. The van der Waals surface area contributed by atoms with Gasteiger partial charge in [-0.15, -0.1) is 11.3 Å². The van der Waals surface area contributed by atoms with E-state index in [0.29, 0.717) is 36.1 Å². The van der Waals surface area contributed by atoms with Crippen molar-refractivity contribution in [3.8, 4) is 0 Å². The third-order valence-corrected chi connectivity index (χ3v) is 7.62. The van der Waals surface area contributed by atoms with Crippen LogP contribution in [-0.4, -0.2) is 44.7 Å². The zero-order chi connectivity index (χ0) is 17.3. The summed E-state index contributed by atoms with van der Waals surface area (Å²) in [6, 6.07) is 10.6. The number of nitrogens with zero attached hydrogens (tertiary/aromatic N) is 2. The number of anilines is 1. The van der Waals surface area contributed by atoms with Gasteiger partial charge in [0.1, 0.15) is 4.21 Å². The number of hydrogen-bond donors (Lipinski definition) is 0. The van der Waals surface area contributed by atoms with Crippen LogP contribution >= 0.6 is 22.9 Å². The molecule has 2 aromatic rings. The number of ketones is 1. The van der Waals surface area contributed by atoms with E-state index in [1.807, 2.05) is 12.1 Å². The average molecular weight is 385 g/mol. The molecule has 1 aliphatic rings. The van der Waals surface area contributed by atoms with Crippen molar-refractivity contribution in [2.75, 3.05) is 31.1 Å². The minimum atomic E-state index is -3.47. The van der Waals surface area contributed by atoms with Crippen molar-refractivity contribution in [1.29, 1.82) is 0 Å². The van der Waals surface area contributed by atoms with Gasteiger partial charge < -0.3 is 4.90 Å². The maximum atomic E-state index is 12.6. The van der Waals surface area contributed by atoms with E-state index in [1.165, 1.54) is 11.2 Å².